The van der Waals surface area contributed by atoms with E-state index in [4.69, 9.17) is 0 Å². The number of hydrogen-bond acceptors (Lipinski definition) is 2. The molecule has 4 nitrogen and oxygen atoms in total. The number of rotatable bonds is 4. The summed E-state index contributed by atoms with van der Waals surface area (Å²) in [6, 6.07) is 15.8. The lowest BCUT2D eigenvalue weighted by atomic mass is 10.1. The molecule has 0 spiro atoms. The minimum absolute atomic E-state index is 0.0421. The number of aryl methyl sites for hydroxylation is 2. The summed E-state index contributed by atoms with van der Waals surface area (Å²) in [5, 5.41) is 2.95. The third kappa shape index (κ3) is 3.65. The van der Waals surface area contributed by atoms with Gasteiger partial charge in [-0.25, -0.2) is 0 Å². The summed E-state index contributed by atoms with van der Waals surface area (Å²) < 4.78 is 0. The van der Waals surface area contributed by atoms with E-state index in [1.165, 1.54) is 5.56 Å². The summed E-state index contributed by atoms with van der Waals surface area (Å²) in [6.45, 7) is 5.04. The third-order valence-electron chi connectivity index (χ3n) is 4.48. The van der Waals surface area contributed by atoms with Gasteiger partial charge in [0.05, 0.1) is 5.92 Å². The van der Waals surface area contributed by atoms with E-state index in [-0.39, 0.29) is 24.2 Å². The average Bonchev–Trinajstić information content (AvgIpc) is 2.93. The van der Waals surface area contributed by atoms with E-state index in [2.05, 4.69) is 5.32 Å². The SMILES string of the molecule is Cc1ccc(CN2CC(C(=O)Nc3ccccc3C)CC2=O)cc1. The smallest absolute Gasteiger partial charge is 0.229 e. The molecule has 1 fully saturated rings. The number of amides is 2. The van der Waals surface area contributed by atoms with Gasteiger partial charge < -0.3 is 10.2 Å². The highest BCUT2D eigenvalue weighted by atomic mass is 16.2. The maximum Gasteiger partial charge on any atom is 0.229 e. The summed E-state index contributed by atoms with van der Waals surface area (Å²) >= 11 is 0. The topological polar surface area (TPSA) is 49.4 Å². The molecule has 0 aliphatic carbocycles. The van der Waals surface area contributed by atoms with Crippen LogP contribution in [0, 0.1) is 19.8 Å². The van der Waals surface area contributed by atoms with E-state index in [0.717, 1.165) is 16.8 Å². The lowest BCUT2D eigenvalue weighted by Crippen LogP contribution is -2.28. The summed E-state index contributed by atoms with van der Waals surface area (Å²) in [4.78, 5) is 26.5. The first-order chi connectivity index (χ1) is 11.5. The number of nitrogens with one attached hydrogen (secondary N) is 1. The van der Waals surface area contributed by atoms with Gasteiger partial charge in [-0.2, -0.15) is 0 Å². The molecule has 4 heteroatoms. The fraction of sp³-hybridized carbons (Fsp3) is 0.300. The molecule has 0 radical (unpaired) electrons. The second-order valence-corrected chi connectivity index (χ2v) is 6.47. The van der Waals surface area contributed by atoms with Crippen LogP contribution in [0.1, 0.15) is 23.1 Å². The van der Waals surface area contributed by atoms with Crippen LogP contribution >= 0.6 is 0 Å². The van der Waals surface area contributed by atoms with E-state index in [1.807, 2.05) is 62.4 Å². The quantitative estimate of drug-likeness (QED) is 0.939. The Balaban J connectivity index is 1.62. The van der Waals surface area contributed by atoms with Crippen LogP contribution in [0.25, 0.3) is 0 Å². The van der Waals surface area contributed by atoms with Gasteiger partial charge in [0.25, 0.3) is 0 Å². The fourth-order valence-corrected chi connectivity index (χ4v) is 2.96. The molecule has 1 saturated heterocycles. The molecule has 1 atom stereocenters. The summed E-state index contributed by atoms with van der Waals surface area (Å²) in [5.74, 6) is -0.327. The monoisotopic (exact) mass is 322 g/mol. The first kappa shape index (κ1) is 16.2. The van der Waals surface area contributed by atoms with E-state index in [9.17, 15) is 9.59 Å². The van der Waals surface area contributed by atoms with Crippen LogP contribution in [-0.4, -0.2) is 23.3 Å². The van der Waals surface area contributed by atoms with Crippen molar-refractivity contribution in [2.45, 2.75) is 26.8 Å². The zero-order chi connectivity index (χ0) is 17.1. The number of carbonyl (C=O) groups excluding carboxylic acids is 2. The van der Waals surface area contributed by atoms with Gasteiger partial charge in [-0.1, -0.05) is 48.0 Å². The van der Waals surface area contributed by atoms with Crippen LogP contribution < -0.4 is 5.32 Å². The molecule has 0 aromatic heterocycles. The molecule has 2 amide bonds. The molecule has 1 unspecified atom stereocenters. The Hall–Kier alpha value is -2.62. The van der Waals surface area contributed by atoms with Gasteiger partial charge in [-0.15, -0.1) is 0 Å². The van der Waals surface area contributed by atoms with E-state index in [1.54, 1.807) is 4.90 Å². The van der Waals surface area contributed by atoms with Crippen molar-refractivity contribution in [3.05, 3.63) is 65.2 Å². The average molecular weight is 322 g/mol. The molecular formula is C20H22N2O2. The lowest BCUT2D eigenvalue weighted by molar-refractivity contribution is -0.128. The zero-order valence-electron chi connectivity index (χ0n) is 14.1. The molecule has 24 heavy (non-hydrogen) atoms. The number of hydrogen-bond donors (Lipinski definition) is 1. The van der Waals surface area contributed by atoms with Gasteiger partial charge in [-0.05, 0) is 31.0 Å². The summed E-state index contributed by atoms with van der Waals surface area (Å²) in [7, 11) is 0. The lowest BCUT2D eigenvalue weighted by Gasteiger charge is -2.17. The molecule has 0 bridgehead atoms. The molecule has 0 saturated carbocycles. The van der Waals surface area contributed by atoms with Gasteiger partial charge >= 0.3 is 0 Å². The van der Waals surface area contributed by atoms with Crippen molar-refractivity contribution >= 4 is 17.5 Å². The number of benzene rings is 2. The third-order valence-corrected chi connectivity index (χ3v) is 4.48. The van der Waals surface area contributed by atoms with Gasteiger partial charge in [0, 0.05) is 25.2 Å². The molecule has 1 aliphatic heterocycles. The zero-order valence-corrected chi connectivity index (χ0v) is 14.1. The second-order valence-electron chi connectivity index (χ2n) is 6.47. The minimum Gasteiger partial charge on any atom is -0.338 e. The van der Waals surface area contributed by atoms with Gasteiger partial charge in [0.15, 0.2) is 0 Å². The van der Waals surface area contributed by atoms with Crippen molar-refractivity contribution in [3.8, 4) is 0 Å². The minimum atomic E-state index is -0.289. The number of anilines is 1. The second kappa shape index (κ2) is 6.87. The Morgan fingerprint density at radius 1 is 1.12 bits per heavy atom. The highest BCUT2D eigenvalue weighted by Gasteiger charge is 2.34. The van der Waals surface area contributed by atoms with Crippen molar-refractivity contribution in [3.63, 3.8) is 0 Å². The molecule has 2 aromatic carbocycles. The maximum absolute atomic E-state index is 12.5. The first-order valence-corrected chi connectivity index (χ1v) is 8.23. The highest BCUT2D eigenvalue weighted by Crippen LogP contribution is 2.23. The molecule has 124 valence electrons. The van der Waals surface area contributed by atoms with E-state index in [0.29, 0.717) is 13.1 Å². The maximum atomic E-state index is 12.5. The van der Waals surface area contributed by atoms with Crippen LogP contribution in [-0.2, 0) is 16.1 Å². The number of carbonyl (C=O) groups is 2. The van der Waals surface area contributed by atoms with Crippen molar-refractivity contribution < 1.29 is 9.59 Å². The standard InChI is InChI=1S/C20H22N2O2/c1-14-7-9-16(10-8-14)12-22-13-17(11-19(22)23)20(24)21-18-6-4-3-5-15(18)2/h3-10,17H,11-13H2,1-2H3,(H,21,24). The number of para-hydroxylation sites is 1. The molecule has 1 N–H and O–H groups in total. The molecule has 2 aromatic rings. The highest BCUT2D eigenvalue weighted by molar-refractivity contribution is 5.97. The van der Waals surface area contributed by atoms with Crippen molar-refractivity contribution in [1.82, 2.24) is 4.90 Å². The normalized spacial score (nSPS) is 17.2. The molecule has 1 heterocycles. The van der Waals surface area contributed by atoms with Crippen LogP contribution in [0.4, 0.5) is 5.69 Å². The molecule has 1 aliphatic rings. The predicted octanol–water partition coefficient (Wildman–Crippen LogP) is 3.29. The van der Waals surface area contributed by atoms with E-state index < -0.39 is 0 Å². The van der Waals surface area contributed by atoms with Gasteiger partial charge in [-0.3, -0.25) is 9.59 Å². The fourth-order valence-electron chi connectivity index (χ4n) is 2.96. The van der Waals surface area contributed by atoms with Crippen LogP contribution in [0.3, 0.4) is 0 Å². The summed E-state index contributed by atoms with van der Waals surface area (Å²) in [6.07, 6.45) is 0.281. The molecule has 3 rings (SSSR count). The van der Waals surface area contributed by atoms with Crippen LogP contribution in [0.2, 0.25) is 0 Å². The Kier molecular flexibility index (Phi) is 4.65. The summed E-state index contributed by atoms with van der Waals surface area (Å²) in [5.41, 5.74) is 4.12. The number of likely N-dealkylation sites (tertiary alicyclic amines) is 1. The Morgan fingerprint density at radius 2 is 1.83 bits per heavy atom. The van der Waals surface area contributed by atoms with Crippen molar-refractivity contribution in [2.75, 3.05) is 11.9 Å². The predicted molar refractivity (Wildman–Crippen MR) is 94.5 cm³/mol. The Labute approximate surface area is 142 Å². The Bertz CT molecular complexity index is 752. The van der Waals surface area contributed by atoms with Crippen LogP contribution in [0.15, 0.2) is 48.5 Å². The van der Waals surface area contributed by atoms with Crippen molar-refractivity contribution in [1.29, 1.82) is 0 Å². The number of nitrogens with zero attached hydrogens (tertiary/aromatic N) is 1. The first-order valence-electron chi connectivity index (χ1n) is 8.23. The largest absolute Gasteiger partial charge is 0.338 e. The van der Waals surface area contributed by atoms with E-state index >= 15 is 0 Å². The van der Waals surface area contributed by atoms with Crippen molar-refractivity contribution in [2.24, 2.45) is 5.92 Å². The Morgan fingerprint density at radius 3 is 2.54 bits per heavy atom. The van der Waals surface area contributed by atoms with Gasteiger partial charge in [0.2, 0.25) is 11.8 Å². The molecular weight excluding hydrogens is 300 g/mol. The van der Waals surface area contributed by atoms with Gasteiger partial charge in [0.1, 0.15) is 0 Å². The van der Waals surface area contributed by atoms with Crippen LogP contribution in [0.5, 0.6) is 0 Å².